The minimum atomic E-state index is 0.0533. The molecule has 0 aromatic rings. The summed E-state index contributed by atoms with van der Waals surface area (Å²) in [6, 6.07) is 0. The van der Waals surface area contributed by atoms with Gasteiger partial charge in [0.05, 0.1) is 0 Å². The van der Waals surface area contributed by atoms with Gasteiger partial charge in [0.25, 0.3) is 0 Å². The molecule has 0 aliphatic rings. The Morgan fingerprint density at radius 3 is 2.33 bits per heavy atom. The van der Waals surface area contributed by atoms with E-state index >= 15 is 0 Å². The minimum absolute atomic E-state index is 0.0533. The Hall–Kier alpha value is -0.310. The van der Waals surface area contributed by atoms with Gasteiger partial charge in [-0.1, -0.05) is 43.3 Å². The summed E-state index contributed by atoms with van der Waals surface area (Å²) in [4.78, 5) is 11.2. The zero-order chi connectivity index (χ0) is 9.78. The average molecular weight is 234 g/mol. The van der Waals surface area contributed by atoms with Crippen molar-refractivity contribution < 1.29 is 4.79 Å². The Morgan fingerprint density at radius 2 is 2.00 bits per heavy atom. The van der Waals surface area contributed by atoms with E-state index in [-0.39, 0.29) is 11.3 Å². The molecule has 0 rings (SSSR count). The summed E-state index contributed by atoms with van der Waals surface area (Å²) in [5, 5.41) is 2.75. The number of carbonyl (C=O) groups is 1. The van der Waals surface area contributed by atoms with Crippen molar-refractivity contribution in [1.29, 1.82) is 0 Å². The fourth-order valence-corrected chi connectivity index (χ4v) is 0.879. The predicted octanol–water partition coefficient (Wildman–Crippen LogP) is 2.45. The van der Waals surface area contributed by atoms with E-state index < -0.39 is 0 Å². The second-order valence-corrected chi connectivity index (χ2v) is 5.15. The molecule has 0 heterocycles. The Morgan fingerprint density at radius 1 is 1.50 bits per heavy atom. The molecule has 0 unspecified atom stereocenters. The molecule has 0 aromatic carbocycles. The monoisotopic (exact) mass is 233 g/mol. The van der Waals surface area contributed by atoms with Crippen LogP contribution in [0.4, 0.5) is 0 Å². The Bertz CT molecular complexity index is 181. The first-order valence-electron chi connectivity index (χ1n) is 3.91. The molecule has 0 spiro atoms. The molecule has 0 aliphatic carbocycles. The molecule has 0 atom stereocenters. The topological polar surface area (TPSA) is 29.1 Å². The van der Waals surface area contributed by atoms with Gasteiger partial charge in [-0.15, -0.1) is 0 Å². The van der Waals surface area contributed by atoms with Crippen LogP contribution in [0, 0.1) is 5.41 Å². The molecule has 3 heteroatoms. The van der Waals surface area contributed by atoms with Gasteiger partial charge in [-0.05, 0) is 5.41 Å². The number of carbonyl (C=O) groups excluding carboxylic acids is 1. The quantitative estimate of drug-likeness (QED) is 0.798. The third kappa shape index (κ3) is 7.79. The van der Waals surface area contributed by atoms with Crippen molar-refractivity contribution in [2.45, 2.75) is 27.2 Å². The zero-order valence-corrected chi connectivity index (χ0v) is 9.49. The Labute approximate surface area is 82.5 Å². The molecule has 0 saturated heterocycles. The average Bonchev–Trinajstić information content (AvgIpc) is 1.79. The van der Waals surface area contributed by atoms with E-state index in [1.54, 1.807) is 0 Å². The maximum atomic E-state index is 11.2. The van der Waals surface area contributed by atoms with Crippen LogP contribution in [-0.2, 0) is 4.79 Å². The highest BCUT2D eigenvalue weighted by Crippen LogP contribution is 2.17. The third-order valence-electron chi connectivity index (χ3n) is 1.17. The first-order valence-corrected chi connectivity index (χ1v) is 4.70. The first-order chi connectivity index (χ1) is 5.31. The summed E-state index contributed by atoms with van der Waals surface area (Å²) in [6.07, 6.45) is 0.549. The van der Waals surface area contributed by atoms with Gasteiger partial charge in [-0.25, -0.2) is 0 Å². The van der Waals surface area contributed by atoms with Crippen LogP contribution >= 0.6 is 15.9 Å². The number of hydrogen-bond donors (Lipinski definition) is 1. The highest BCUT2D eigenvalue weighted by molar-refractivity contribution is 9.11. The second-order valence-electron chi connectivity index (χ2n) is 4.03. The molecule has 70 valence electrons. The van der Waals surface area contributed by atoms with Gasteiger partial charge >= 0.3 is 0 Å². The van der Waals surface area contributed by atoms with Crippen LogP contribution < -0.4 is 5.32 Å². The maximum Gasteiger partial charge on any atom is 0.220 e. The van der Waals surface area contributed by atoms with Crippen LogP contribution in [0.2, 0.25) is 0 Å². The third-order valence-corrected chi connectivity index (χ3v) is 1.45. The van der Waals surface area contributed by atoms with E-state index in [2.05, 4.69) is 27.8 Å². The summed E-state index contributed by atoms with van der Waals surface area (Å²) in [5.41, 5.74) is 0.0533. The van der Waals surface area contributed by atoms with Crippen molar-refractivity contribution in [1.82, 2.24) is 5.32 Å². The smallest absolute Gasteiger partial charge is 0.220 e. The molecule has 0 saturated carbocycles. The number of amides is 1. The van der Waals surface area contributed by atoms with Crippen LogP contribution in [0.3, 0.4) is 0 Å². The molecule has 0 bridgehead atoms. The van der Waals surface area contributed by atoms with E-state index in [9.17, 15) is 4.79 Å². The van der Waals surface area contributed by atoms with Gasteiger partial charge in [0, 0.05) is 17.4 Å². The molecule has 0 aliphatic heterocycles. The van der Waals surface area contributed by atoms with Gasteiger partial charge < -0.3 is 5.32 Å². The Kier molecular flexibility index (Phi) is 4.53. The summed E-state index contributed by atoms with van der Waals surface area (Å²) < 4.78 is 0.796. The summed E-state index contributed by atoms with van der Waals surface area (Å²) in [5.74, 6) is 0.0723. The van der Waals surface area contributed by atoms with E-state index in [0.29, 0.717) is 13.0 Å². The van der Waals surface area contributed by atoms with Gasteiger partial charge in [-0.3, -0.25) is 4.79 Å². The normalized spacial score (nSPS) is 11.0. The molecule has 1 amide bonds. The van der Waals surface area contributed by atoms with Crippen molar-refractivity contribution in [3.8, 4) is 0 Å². The van der Waals surface area contributed by atoms with Crippen molar-refractivity contribution in [3.05, 3.63) is 11.1 Å². The van der Waals surface area contributed by atoms with Crippen molar-refractivity contribution in [3.63, 3.8) is 0 Å². The number of hydrogen-bond acceptors (Lipinski definition) is 1. The van der Waals surface area contributed by atoms with Gasteiger partial charge in [0.2, 0.25) is 5.91 Å². The van der Waals surface area contributed by atoms with Crippen LogP contribution in [0.1, 0.15) is 27.2 Å². The van der Waals surface area contributed by atoms with Crippen molar-refractivity contribution in [2.24, 2.45) is 5.41 Å². The van der Waals surface area contributed by atoms with Crippen molar-refractivity contribution in [2.75, 3.05) is 6.54 Å². The lowest BCUT2D eigenvalue weighted by atomic mass is 9.92. The number of halogens is 1. The zero-order valence-electron chi connectivity index (χ0n) is 7.91. The second kappa shape index (κ2) is 4.65. The highest BCUT2D eigenvalue weighted by Gasteiger charge is 2.15. The van der Waals surface area contributed by atoms with Gasteiger partial charge in [0.1, 0.15) is 0 Å². The molecular weight excluding hydrogens is 218 g/mol. The van der Waals surface area contributed by atoms with Crippen LogP contribution in [0.15, 0.2) is 11.1 Å². The van der Waals surface area contributed by atoms with Crippen LogP contribution in [-0.4, -0.2) is 12.5 Å². The summed E-state index contributed by atoms with van der Waals surface area (Å²) >= 11 is 3.17. The lowest BCUT2D eigenvalue weighted by Crippen LogP contribution is -2.28. The summed E-state index contributed by atoms with van der Waals surface area (Å²) in [7, 11) is 0. The molecule has 0 aromatic heterocycles. The molecular formula is C9H16BrNO. The lowest BCUT2D eigenvalue weighted by molar-refractivity contribution is -0.122. The van der Waals surface area contributed by atoms with Crippen LogP contribution in [0.5, 0.6) is 0 Å². The van der Waals surface area contributed by atoms with Crippen LogP contribution in [0.25, 0.3) is 0 Å². The van der Waals surface area contributed by atoms with Gasteiger partial charge in [-0.2, -0.15) is 0 Å². The highest BCUT2D eigenvalue weighted by atomic mass is 79.9. The molecule has 1 N–H and O–H groups in total. The predicted molar refractivity (Wildman–Crippen MR) is 55.1 cm³/mol. The molecule has 0 radical (unpaired) electrons. The summed E-state index contributed by atoms with van der Waals surface area (Å²) in [6.45, 7) is 10.2. The van der Waals surface area contributed by atoms with Gasteiger partial charge in [0.15, 0.2) is 0 Å². The van der Waals surface area contributed by atoms with E-state index in [1.807, 2.05) is 20.8 Å². The van der Waals surface area contributed by atoms with E-state index in [0.717, 1.165) is 4.48 Å². The molecule has 12 heavy (non-hydrogen) atoms. The fourth-order valence-electron chi connectivity index (χ4n) is 0.739. The molecule has 0 fully saturated rings. The Balaban J connectivity index is 3.68. The SMILES string of the molecule is C=C(Br)CNC(=O)CC(C)(C)C. The lowest BCUT2D eigenvalue weighted by Gasteiger charge is -2.16. The maximum absolute atomic E-state index is 11.2. The number of nitrogens with one attached hydrogen (secondary N) is 1. The fraction of sp³-hybridized carbons (Fsp3) is 0.667. The number of rotatable bonds is 3. The molecule has 2 nitrogen and oxygen atoms in total. The van der Waals surface area contributed by atoms with Crippen molar-refractivity contribution >= 4 is 21.8 Å². The minimum Gasteiger partial charge on any atom is -0.352 e. The van der Waals surface area contributed by atoms with E-state index in [1.165, 1.54) is 0 Å². The van der Waals surface area contributed by atoms with E-state index in [4.69, 9.17) is 0 Å². The largest absolute Gasteiger partial charge is 0.352 e. The standard InChI is InChI=1S/C9H16BrNO/c1-7(10)6-11-8(12)5-9(2,3)4/h1,5-6H2,2-4H3,(H,11,12). The first kappa shape index (κ1) is 11.7.